The molecule has 32 heavy (non-hydrogen) atoms. The van der Waals surface area contributed by atoms with Crippen molar-refractivity contribution in [2.45, 2.75) is 58.7 Å². The van der Waals surface area contributed by atoms with Crippen LogP contribution in [0.4, 0.5) is 4.39 Å². The molecule has 0 saturated carbocycles. The van der Waals surface area contributed by atoms with Crippen LogP contribution in [0, 0.1) is 5.82 Å². The van der Waals surface area contributed by atoms with E-state index in [1.165, 1.54) is 12.1 Å². The molecule has 2 aromatic rings. The molecule has 1 aliphatic heterocycles. The van der Waals surface area contributed by atoms with E-state index in [2.05, 4.69) is 39.5 Å². The van der Waals surface area contributed by atoms with E-state index in [1.807, 2.05) is 35.2 Å². The number of carbonyl (C=O) groups is 1. The molecule has 174 valence electrons. The van der Waals surface area contributed by atoms with Gasteiger partial charge in [-0.05, 0) is 55.2 Å². The number of nitrogens with zero attached hydrogens (tertiary/aromatic N) is 2. The maximum Gasteiger partial charge on any atom is 0.260 e. The standard InChI is InChI=1S/C26H35FN2O3/c1-18-15-29(19(2)14-28(18)16-20-7-9-21(27)10-8-20)25(30)17-32-24-12-11-22(31-6)13-23(24)26(3,4)5/h7-13,18-19H,14-17H2,1-6H3/t18-,19+/m1/s1. The fourth-order valence-electron chi connectivity index (χ4n) is 4.16. The van der Waals surface area contributed by atoms with Crippen molar-refractivity contribution in [1.82, 2.24) is 9.80 Å². The van der Waals surface area contributed by atoms with Crippen LogP contribution in [0.25, 0.3) is 0 Å². The number of piperazine rings is 1. The van der Waals surface area contributed by atoms with Crippen LogP contribution in [-0.2, 0) is 16.8 Å². The number of hydrogen-bond donors (Lipinski definition) is 0. The average molecular weight is 443 g/mol. The van der Waals surface area contributed by atoms with E-state index in [1.54, 1.807) is 7.11 Å². The molecule has 1 aliphatic rings. The first-order valence-electron chi connectivity index (χ1n) is 11.2. The zero-order valence-corrected chi connectivity index (χ0v) is 20.0. The van der Waals surface area contributed by atoms with Crippen molar-refractivity contribution in [2.24, 2.45) is 0 Å². The topological polar surface area (TPSA) is 42.0 Å². The summed E-state index contributed by atoms with van der Waals surface area (Å²) >= 11 is 0. The lowest BCUT2D eigenvalue weighted by Crippen LogP contribution is -2.58. The van der Waals surface area contributed by atoms with Gasteiger partial charge in [-0.25, -0.2) is 4.39 Å². The summed E-state index contributed by atoms with van der Waals surface area (Å²) < 4.78 is 24.5. The third-order valence-corrected chi connectivity index (χ3v) is 6.08. The Hall–Kier alpha value is -2.60. The third kappa shape index (κ3) is 5.80. The van der Waals surface area contributed by atoms with E-state index < -0.39 is 0 Å². The van der Waals surface area contributed by atoms with Crippen molar-refractivity contribution in [2.75, 3.05) is 26.8 Å². The molecule has 1 heterocycles. The van der Waals surface area contributed by atoms with Gasteiger partial charge >= 0.3 is 0 Å². The lowest BCUT2D eigenvalue weighted by Gasteiger charge is -2.44. The smallest absolute Gasteiger partial charge is 0.260 e. The highest BCUT2D eigenvalue weighted by atomic mass is 19.1. The molecule has 0 aliphatic carbocycles. The fourth-order valence-corrected chi connectivity index (χ4v) is 4.16. The SMILES string of the molecule is COc1ccc(OCC(=O)N2C[C@@H](C)N(Cc3ccc(F)cc3)C[C@@H]2C)c(C(C)(C)C)c1. The van der Waals surface area contributed by atoms with Crippen molar-refractivity contribution in [3.8, 4) is 11.5 Å². The molecular formula is C26H35FN2O3. The quantitative estimate of drug-likeness (QED) is 0.654. The molecule has 0 bridgehead atoms. The number of benzene rings is 2. The second-order valence-corrected chi connectivity index (χ2v) is 9.70. The summed E-state index contributed by atoms with van der Waals surface area (Å²) in [5.41, 5.74) is 1.94. The average Bonchev–Trinajstić information content (AvgIpc) is 2.75. The summed E-state index contributed by atoms with van der Waals surface area (Å²) in [6, 6.07) is 12.6. The molecule has 0 aromatic heterocycles. The molecule has 0 spiro atoms. The van der Waals surface area contributed by atoms with Crippen LogP contribution in [0.15, 0.2) is 42.5 Å². The van der Waals surface area contributed by atoms with Crippen LogP contribution < -0.4 is 9.47 Å². The van der Waals surface area contributed by atoms with Crippen LogP contribution in [0.5, 0.6) is 11.5 Å². The van der Waals surface area contributed by atoms with Crippen molar-refractivity contribution >= 4 is 5.91 Å². The first-order valence-corrected chi connectivity index (χ1v) is 11.2. The molecule has 1 fully saturated rings. The Labute approximate surface area is 191 Å². The van der Waals surface area contributed by atoms with E-state index in [0.29, 0.717) is 12.3 Å². The molecule has 1 amide bonds. The van der Waals surface area contributed by atoms with Crippen molar-refractivity contribution in [3.05, 3.63) is 59.4 Å². The number of methoxy groups -OCH3 is 1. The zero-order chi connectivity index (χ0) is 23.5. The Morgan fingerprint density at radius 3 is 2.38 bits per heavy atom. The largest absolute Gasteiger partial charge is 0.497 e. The highest BCUT2D eigenvalue weighted by Gasteiger charge is 2.32. The van der Waals surface area contributed by atoms with Crippen LogP contribution >= 0.6 is 0 Å². The lowest BCUT2D eigenvalue weighted by molar-refractivity contribution is -0.139. The number of carbonyl (C=O) groups excluding carboxylic acids is 1. The van der Waals surface area contributed by atoms with Crippen LogP contribution in [-0.4, -0.2) is 54.6 Å². The Bertz CT molecular complexity index is 924. The minimum Gasteiger partial charge on any atom is -0.497 e. The van der Waals surface area contributed by atoms with E-state index in [9.17, 15) is 9.18 Å². The molecule has 2 atom stereocenters. The number of ether oxygens (including phenoxy) is 2. The Kier molecular flexibility index (Phi) is 7.44. The highest BCUT2D eigenvalue weighted by Crippen LogP contribution is 2.34. The Balaban J connectivity index is 1.62. The van der Waals surface area contributed by atoms with E-state index >= 15 is 0 Å². The van der Waals surface area contributed by atoms with Gasteiger partial charge in [0.2, 0.25) is 0 Å². The predicted octanol–water partition coefficient (Wildman–Crippen LogP) is 4.63. The van der Waals surface area contributed by atoms with E-state index in [0.717, 1.165) is 30.0 Å². The molecule has 1 saturated heterocycles. The van der Waals surface area contributed by atoms with E-state index in [-0.39, 0.29) is 35.8 Å². The monoisotopic (exact) mass is 442 g/mol. The highest BCUT2D eigenvalue weighted by molar-refractivity contribution is 5.78. The number of halogens is 1. The molecule has 0 unspecified atom stereocenters. The molecule has 3 rings (SSSR count). The van der Waals surface area contributed by atoms with Gasteiger partial charge in [0.1, 0.15) is 17.3 Å². The summed E-state index contributed by atoms with van der Waals surface area (Å²) in [4.78, 5) is 17.3. The third-order valence-electron chi connectivity index (χ3n) is 6.08. The van der Waals surface area contributed by atoms with Gasteiger partial charge < -0.3 is 14.4 Å². The number of hydrogen-bond acceptors (Lipinski definition) is 4. The number of rotatable bonds is 6. The summed E-state index contributed by atoms with van der Waals surface area (Å²) in [6.07, 6.45) is 0. The van der Waals surface area contributed by atoms with Gasteiger partial charge in [0, 0.05) is 37.3 Å². The summed E-state index contributed by atoms with van der Waals surface area (Å²) in [6.45, 7) is 12.7. The summed E-state index contributed by atoms with van der Waals surface area (Å²) in [5.74, 6) is 1.24. The van der Waals surface area contributed by atoms with Gasteiger partial charge in [0.25, 0.3) is 5.91 Å². The molecular weight excluding hydrogens is 407 g/mol. The van der Waals surface area contributed by atoms with Crippen molar-refractivity contribution < 1.29 is 18.7 Å². The second kappa shape index (κ2) is 9.90. The second-order valence-electron chi connectivity index (χ2n) is 9.70. The summed E-state index contributed by atoms with van der Waals surface area (Å²) in [7, 11) is 1.64. The summed E-state index contributed by atoms with van der Waals surface area (Å²) in [5, 5.41) is 0. The van der Waals surface area contributed by atoms with Crippen molar-refractivity contribution in [3.63, 3.8) is 0 Å². The van der Waals surface area contributed by atoms with Gasteiger partial charge in [-0.15, -0.1) is 0 Å². The Morgan fingerprint density at radius 2 is 1.75 bits per heavy atom. The van der Waals surface area contributed by atoms with Crippen molar-refractivity contribution in [1.29, 1.82) is 0 Å². The Morgan fingerprint density at radius 1 is 1.06 bits per heavy atom. The van der Waals surface area contributed by atoms with Gasteiger partial charge in [-0.2, -0.15) is 0 Å². The lowest BCUT2D eigenvalue weighted by atomic mass is 9.86. The molecule has 6 heteroatoms. The molecule has 0 N–H and O–H groups in total. The molecule has 5 nitrogen and oxygen atoms in total. The minimum absolute atomic E-state index is 0.00440. The van der Waals surface area contributed by atoms with Gasteiger partial charge in [-0.1, -0.05) is 32.9 Å². The van der Waals surface area contributed by atoms with Gasteiger partial charge in [0.05, 0.1) is 7.11 Å². The predicted molar refractivity (Wildman–Crippen MR) is 125 cm³/mol. The zero-order valence-electron chi connectivity index (χ0n) is 20.0. The minimum atomic E-state index is -0.225. The first kappa shape index (κ1) is 24.1. The first-order chi connectivity index (χ1) is 15.1. The maximum atomic E-state index is 13.2. The maximum absolute atomic E-state index is 13.2. The van der Waals surface area contributed by atoms with Crippen LogP contribution in [0.3, 0.4) is 0 Å². The molecule has 2 aromatic carbocycles. The molecule has 0 radical (unpaired) electrons. The van der Waals surface area contributed by atoms with E-state index in [4.69, 9.17) is 9.47 Å². The van der Waals surface area contributed by atoms with Gasteiger partial charge in [-0.3, -0.25) is 9.69 Å². The van der Waals surface area contributed by atoms with Gasteiger partial charge in [0.15, 0.2) is 6.61 Å². The number of amides is 1. The fraction of sp³-hybridized carbons (Fsp3) is 0.500. The normalized spacial score (nSPS) is 19.7. The van der Waals surface area contributed by atoms with Crippen LogP contribution in [0.2, 0.25) is 0 Å². The van der Waals surface area contributed by atoms with Crippen LogP contribution in [0.1, 0.15) is 45.7 Å².